The first-order valence-electron chi connectivity index (χ1n) is 22.2. The zero-order chi connectivity index (χ0) is 42.5. The molecular formula is C63H43N. The molecule has 1 nitrogen and oxygen atoms in total. The minimum atomic E-state index is -0.509. The van der Waals surface area contributed by atoms with Crippen LogP contribution in [0, 0.1) is 0 Å². The lowest BCUT2D eigenvalue weighted by atomic mass is 9.67. The number of benzene rings is 11. The van der Waals surface area contributed by atoms with Gasteiger partial charge in [-0.25, -0.2) is 0 Å². The SMILES string of the molecule is c1ccc(-c2ccccc2-c2ccc(N(c3ccc(-c4ccc5ccc6ccccc6c5c4)cc3)c3ccc4c(c3)C(c3ccccc3)(c3ccccc3)c3ccccc3-4)cc2)cc1. The minimum Gasteiger partial charge on any atom is -0.310 e. The maximum atomic E-state index is 2.45. The summed E-state index contributed by atoms with van der Waals surface area (Å²) in [6.07, 6.45) is 0. The van der Waals surface area contributed by atoms with Crippen molar-refractivity contribution in [1.29, 1.82) is 0 Å². The van der Waals surface area contributed by atoms with Crippen LogP contribution in [0.1, 0.15) is 22.3 Å². The van der Waals surface area contributed by atoms with E-state index in [1.165, 1.54) is 88.3 Å². The number of hydrogen-bond donors (Lipinski definition) is 0. The average molecular weight is 814 g/mol. The molecule has 1 aliphatic carbocycles. The predicted molar refractivity (Wildman–Crippen MR) is 270 cm³/mol. The van der Waals surface area contributed by atoms with Crippen LogP contribution in [0.25, 0.3) is 66.1 Å². The van der Waals surface area contributed by atoms with E-state index in [1.54, 1.807) is 0 Å². The molecule has 0 atom stereocenters. The lowest BCUT2D eigenvalue weighted by molar-refractivity contribution is 0.768. The zero-order valence-electron chi connectivity index (χ0n) is 35.3. The average Bonchev–Trinajstić information content (AvgIpc) is 3.68. The fourth-order valence-electron chi connectivity index (χ4n) is 10.4. The quantitative estimate of drug-likeness (QED) is 0.138. The van der Waals surface area contributed by atoms with Crippen LogP contribution in [0.15, 0.2) is 261 Å². The number of fused-ring (bicyclic) bond motifs is 6. The van der Waals surface area contributed by atoms with Gasteiger partial charge < -0.3 is 4.90 Å². The Labute approximate surface area is 374 Å². The Morgan fingerprint density at radius 1 is 0.250 bits per heavy atom. The molecule has 0 saturated carbocycles. The molecule has 0 spiro atoms. The highest BCUT2D eigenvalue weighted by Crippen LogP contribution is 2.57. The fraction of sp³-hybridized carbons (Fsp3) is 0.0159. The number of anilines is 3. The molecule has 0 heterocycles. The first-order valence-corrected chi connectivity index (χ1v) is 22.2. The predicted octanol–water partition coefficient (Wildman–Crippen LogP) is 16.8. The van der Waals surface area contributed by atoms with Crippen molar-refractivity contribution in [1.82, 2.24) is 0 Å². The molecule has 0 radical (unpaired) electrons. The molecule has 0 amide bonds. The fourth-order valence-corrected chi connectivity index (χ4v) is 10.4. The monoisotopic (exact) mass is 813 g/mol. The van der Waals surface area contributed by atoms with E-state index >= 15 is 0 Å². The lowest BCUT2D eigenvalue weighted by Gasteiger charge is -2.35. The van der Waals surface area contributed by atoms with E-state index in [2.05, 4.69) is 266 Å². The smallest absolute Gasteiger partial charge is 0.0714 e. The highest BCUT2D eigenvalue weighted by Gasteiger charge is 2.46. The molecule has 0 N–H and O–H groups in total. The van der Waals surface area contributed by atoms with E-state index in [-0.39, 0.29) is 0 Å². The van der Waals surface area contributed by atoms with Gasteiger partial charge in [0.25, 0.3) is 0 Å². The van der Waals surface area contributed by atoms with E-state index in [0.29, 0.717) is 0 Å². The second kappa shape index (κ2) is 15.6. The maximum absolute atomic E-state index is 2.45. The molecule has 1 heteroatoms. The van der Waals surface area contributed by atoms with Crippen molar-refractivity contribution in [3.63, 3.8) is 0 Å². The number of rotatable bonds is 8. The summed E-state index contributed by atoms with van der Waals surface area (Å²) in [4.78, 5) is 2.43. The van der Waals surface area contributed by atoms with E-state index < -0.39 is 5.41 Å². The molecule has 0 saturated heterocycles. The highest BCUT2D eigenvalue weighted by molar-refractivity contribution is 6.08. The van der Waals surface area contributed by atoms with Gasteiger partial charge >= 0.3 is 0 Å². The summed E-state index contributed by atoms with van der Waals surface area (Å²) in [6.45, 7) is 0. The van der Waals surface area contributed by atoms with Crippen molar-refractivity contribution in [3.8, 4) is 44.5 Å². The molecular weight excluding hydrogens is 771 g/mol. The summed E-state index contributed by atoms with van der Waals surface area (Å²) >= 11 is 0. The molecule has 12 rings (SSSR count). The second-order valence-electron chi connectivity index (χ2n) is 16.8. The molecule has 0 aromatic heterocycles. The Morgan fingerprint density at radius 2 is 0.703 bits per heavy atom. The standard InChI is InChI=1S/C63H43N/c1-4-16-45(17-5-1)55-23-12-13-24-56(55)47-34-38-53(39-35-47)64(52-36-32-44(33-37-52)49-31-30-48-29-28-46-18-10-11-25-57(46)60(48)42-49)54-40-41-59-58-26-14-15-27-61(58)63(62(59)43-54,50-19-6-2-7-20-50)51-21-8-3-9-22-51/h1-43H. The Kier molecular flexibility index (Phi) is 9.13. The summed E-state index contributed by atoms with van der Waals surface area (Å²) in [7, 11) is 0. The van der Waals surface area contributed by atoms with Crippen molar-refractivity contribution < 1.29 is 0 Å². The number of nitrogens with zero attached hydrogens (tertiary/aromatic N) is 1. The first kappa shape index (κ1) is 37.5. The topological polar surface area (TPSA) is 3.24 Å². The summed E-state index contributed by atoms with van der Waals surface area (Å²) in [5.41, 5.74) is 17.6. The van der Waals surface area contributed by atoms with Crippen molar-refractivity contribution >= 4 is 38.6 Å². The largest absolute Gasteiger partial charge is 0.310 e. The molecule has 11 aromatic carbocycles. The van der Waals surface area contributed by atoms with E-state index in [9.17, 15) is 0 Å². The molecule has 0 fully saturated rings. The van der Waals surface area contributed by atoms with Crippen molar-refractivity contribution in [2.75, 3.05) is 4.90 Å². The number of hydrogen-bond acceptors (Lipinski definition) is 1. The second-order valence-corrected chi connectivity index (χ2v) is 16.8. The van der Waals surface area contributed by atoms with Gasteiger partial charge in [0.05, 0.1) is 5.41 Å². The molecule has 64 heavy (non-hydrogen) atoms. The third-order valence-electron chi connectivity index (χ3n) is 13.4. The third-order valence-corrected chi connectivity index (χ3v) is 13.4. The van der Waals surface area contributed by atoms with Crippen LogP contribution >= 0.6 is 0 Å². The Hall–Kier alpha value is -8.26. The van der Waals surface area contributed by atoms with Gasteiger partial charge in [0, 0.05) is 17.1 Å². The highest BCUT2D eigenvalue weighted by atomic mass is 15.1. The summed E-state index contributed by atoms with van der Waals surface area (Å²) in [5, 5.41) is 5.06. The van der Waals surface area contributed by atoms with Crippen LogP contribution in [-0.4, -0.2) is 0 Å². The van der Waals surface area contributed by atoms with Gasteiger partial charge in [-0.2, -0.15) is 0 Å². The van der Waals surface area contributed by atoms with Gasteiger partial charge in [-0.1, -0.05) is 218 Å². The maximum Gasteiger partial charge on any atom is 0.0714 e. The van der Waals surface area contributed by atoms with Crippen LogP contribution in [0.5, 0.6) is 0 Å². The van der Waals surface area contributed by atoms with Gasteiger partial charge in [0.1, 0.15) is 0 Å². The normalized spacial score (nSPS) is 12.5. The molecule has 0 bridgehead atoms. The van der Waals surface area contributed by atoms with E-state index in [0.717, 1.165) is 17.1 Å². The molecule has 11 aromatic rings. The third kappa shape index (κ3) is 6.16. The van der Waals surface area contributed by atoms with Gasteiger partial charge in [0.15, 0.2) is 0 Å². The van der Waals surface area contributed by atoms with Crippen LogP contribution in [-0.2, 0) is 5.41 Å². The molecule has 0 unspecified atom stereocenters. The minimum absolute atomic E-state index is 0.509. The van der Waals surface area contributed by atoms with E-state index in [4.69, 9.17) is 0 Å². The van der Waals surface area contributed by atoms with Crippen molar-refractivity contribution in [3.05, 3.63) is 283 Å². The van der Waals surface area contributed by atoms with Crippen molar-refractivity contribution in [2.45, 2.75) is 5.41 Å². The molecule has 0 aliphatic heterocycles. The summed E-state index contributed by atoms with van der Waals surface area (Å²) in [6, 6.07) is 95.8. The lowest BCUT2D eigenvalue weighted by Crippen LogP contribution is -2.28. The van der Waals surface area contributed by atoms with Gasteiger partial charge in [0.2, 0.25) is 0 Å². The van der Waals surface area contributed by atoms with Gasteiger partial charge in [-0.05, 0) is 131 Å². The Morgan fingerprint density at radius 3 is 1.36 bits per heavy atom. The first-order chi connectivity index (χ1) is 31.7. The van der Waals surface area contributed by atoms with E-state index in [1.807, 2.05) is 0 Å². The van der Waals surface area contributed by atoms with Crippen molar-refractivity contribution in [2.24, 2.45) is 0 Å². The van der Waals surface area contributed by atoms with Crippen LogP contribution in [0.2, 0.25) is 0 Å². The molecule has 300 valence electrons. The van der Waals surface area contributed by atoms with Gasteiger partial charge in [-0.15, -0.1) is 0 Å². The Bertz CT molecular complexity index is 3420. The van der Waals surface area contributed by atoms with Crippen LogP contribution in [0.3, 0.4) is 0 Å². The summed E-state index contributed by atoms with van der Waals surface area (Å²) in [5.74, 6) is 0. The zero-order valence-corrected chi connectivity index (χ0v) is 35.3. The Balaban J connectivity index is 1.03. The summed E-state index contributed by atoms with van der Waals surface area (Å²) < 4.78 is 0. The van der Waals surface area contributed by atoms with Crippen LogP contribution in [0.4, 0.5) is 17.1 Å². The molecule has 1 aliphatic rings. The van der Waals surface area contributed by atoms with Gasteiger partial charge in [-0.3, -0.25) is 0 Å². The van der Waals surface area contributed by atoms with Crippen LogP contribution < -0.4 is 4.90 Å².